The lowest BCUT2D eigenvalue weighted by molar-refractivity contribution is 0.395. The number of aromatic nitrogens is 1. The highest BCUT2D eigenvalue weighted by atomic mass is 35.5. The van der Waals surface area contributed by atoms with Gasteiger partial charge in [0.1, 0.15) is 11.5 Å². The van der Waals surface area contributed by atoms with Gasteiger partial charge >= 0.3 is 0 Å². The number of hydrogen-bond acceptors (Lipinski definition) is 5. The number of ether oxygens (including phenoxy) is 2. The molecule has 6 nitrogen and oxygen atoms in total. The van der Waals surface area contributed by atoms with Crippen LogP contribution in [0.1, 0.15) is 0 Å². The van der Waals surface area contributed by atoms with Crippen molar-refractivity contribution < 1.29 is 9.47 Å². The van der Waals surface area contributed by atoms with E-state index in [1.165, 1.54) is 31.2 Å². The van der Waals surface area contributed by atoms with E-state index in [1.54, 1.807) is 19.2 Å². The van der Waals surface area contributed by atoms with Gasteiger partial charge in [-0.15, -0.1) is 0 Å². The number of amidine groups is 1. The van der Waals surface area contributed by atoms with Gasteiger partial charge in [-0.25, -0.2) is 4.99 Å². The van der Waals surface area contributed by atoms with Crippen LogP contribution >= 0.6 is 34.8 Å². The maximum Gasteiger partial charge on any atom is 0.260 e. The summed E-state index contributed by atoms with van der Waals surface area (Å²) < 4.78 is 12.0. The first-order valence-electron chi connectivity index (χ1n) is 7.39. The largest absolute Gasteiger partial charge is 0.495 e. The second-order valence-electron chi connectivity index (χ2n) is 5.38. The Kier molecular flexibility index (Phi) is 5.18. The highest BCUT2D eigenvalue weighted by Crippen LogP contribution is 2.45. The predicted octanol–water partition coefficient (Wildman–Crippen LogP) is 2.05. The fourth-order valence-corrected chi connectivity index (χ4v) is 3.43. The van der Waals surface area contributed by atoms with E-state index in [2.05, 4.69) is 10.3 Å². The summed E-state index contributed by atoms with van der Waals surface area (Å²) in [6, 6.07) is 3.34. The molecule has 0 saturated heterocycles. The van der Waals surface area contributed by atoms with Gasteiger partial charge in [-0.05, 0) is 17.7 Å². The Morgan fingerprint density at radius 2 is 1.69 bits per heavy atom. The smallest absolute Gasteiger partial charge is 0.260 e. The summed E-state index contributed by atoms with van der Waals surface area (Å²) in [5.74, 6) is 0.757. The molecule has 136 valence electrons. The minimum Gasteiger partial charge on any atom is -0.495 e. The average molecular weight is 415 g/mol. The van der Waals surface area contributed by atoms with E-state index in [4.69, 9.17) is 44.3 Å². The van der Waals surface area contributed by atoms with E-state index in [9.17, 15) is 4.79 Å². The molecule has 2 heterocycles. The van der Waals surface area contributed by atoms with Crippen molar-refractivity contribution in [3.63, 3.8) is 0 Å². The van der Waals surface area contributed by atoms with E-state index in [-0.39, 0.29) is 20.9 Å². The Labute approximate surface area is 163 Å². The third-order valence-electron chi connectivity index (χ3n) is 3.98. The van der Waals surface area contributed by atoms with Gasteiger partial charge in [0.15, 0.2) is 5.29 Å². The van der Waals surface area contributed by atoms with Crippen LogP contribution in [0.25, 0.3) is 23.7 Å². The van der Waals surface area contributed by atoms with E-state index < -0.39 is 0 Å². The summed E-state index contributed by atoms with van der Waals surface area (Å²) >= 11 is 18.8. The van der Waals surface area contributed by atoms with Crippen LogP contribution in [0.4, 0.5) is 0 Å². The number of hydrogen-bond donors (Lipinski definition) is 1. The van der Waals surface area contributed by atoms with Crippen molar-refractivity contribution >= 4 is 52.5 Å². The molecule has 1 aliphatic rings. The zero-order valence-electron chi connectivity index (χ0n) is 14.1. The molecule has 0 radical (unpaired) electrons. The van der Waals surface area contributed by atoms with Crippen molar-refractivity contribution in [1.82, 2.24) is 9.88 Å². The highest BCUT2D eigenvalue weighted by molar-refractivity contribution is 6.65. The number of nitrogens with zero attached hydrogens (tertiary/aromatic N) is 2. The van der Waals surface area contributed by atoms with Crippen LogP contribution in [-0.2, 0) is 7.05 Å². The average Bonchev–Trinajstić information content (AvgIpc) is 2.81. The molecule has 3 rings (SSSR count). The number of aliphatic imine (C=N–C) groups is 1. The van der Waals surface area contributed by atoms with E-state index >= 15 is 0 Å². The number of benzene rings is 1. The van der Waals surface area contributed by atoms with Gasteiger partial charge in [0.25, 0.3) is 5.56 Å². The normalized spacial score (nSPS) is 12.8. The van der Waals surface area contributed by atoms with Crippen molar-refractivity contribution in [2.45, 2.75) is 0 Å². The number of rotatable bonds is 3. The van der Waals surface area contributed by atoms with E-state index in [1.807, 2.05) is 0 Å². The maximum absolute atomic E-state index is 12.8. The second-order valence-corrected chi connectivity index (χ2v) is 6.50. The fourth-order valence-electron chi connectivity index (χ4n) is 2.63. The van der Waals surface area contributed by atoms with Gasteiger partial charge in [0.05, 0.1) is 35.2 Å². The topological polar surface area (TPSA) is 64.8 Å². The van der Waals surface area contributed by atoms with Crippen LogP contribution in [0.5, 0.6) is 11.5 Å². The third kappa shape index (κ3) is 3.05. The Morgan fingerprint density at radius 3 is 2.27 bits per heavy atom. The monoisotopic (exact) mass is 413 g/mol. The third-order valence-corrected chi connectivity index (χ3v) is 4.94. The Balaban J connectivity index is 2.44. The van der Waals surface area contributed by atoms with Crippen LogP contribution in [0.3, 0.4) is 0 Å². The van der Waals surface area contributed by atoms with Gasteiger partial charge in [-0.2, -0.15) is 0 Å². The number of halogens is 3. The van der Waals surface area contributed by atoms with Gasteiger partial charge < -0.3 is 19.4 Å². The number of nitrogens with one attached hydrogen (secondary N) is 1. The first-order valence-corrected chi connectivity index (χ1v) is 8.53. The maximum atomic E-state index is 12.8. The SMILES string of the molecule is COc1cc(OC)c(Cl)c(-c2cc3c(c(=O)n2C)=CNC(Cl)=NC=3)c1Cl. The van der Waals surface area contributed by atoms with E-state index in [0.717, 1.165) is 0 Å². The molecule has 0 bridgehead atoms. The highest BCUT2D eigenvalue weighted by Gasteiger charge is 2.21. The molecular formula is C17H14Cl3N3O3. The van der Waals surface area contributed by atoms with Crippen LogP contribution in [-0.4, -0.2) is 24.1 Å². The molecule has 0 atom stereocenters. The standard InChI is InChI=1S/C17H14Cl3N3O3/c1-23-10(4-8-6-21-17(20)22-7-9(8)16(23)24)13-14(18)11(25-2)5-12(26-3)15(13)19/h4-7H,1-3H3,(H,21,22). The molecular weight excluding hydrogens is 401 g/mol. The molecule has 9 heteroatoms. The Hall–Kier alpha value is -2.15. The molecule has 0 unspecified atom stereocenters. The molecule has 1 aromatic heterocycles. The molecule has 0 spiro atoms. The van der Waals surface area contributed by atoms with Crippen molar-refractivity contribution in [3.8, 4) is 22.8 Å². The lowest BCUT2D eigenvalue weighted by atomic mass is 10.1. The van der Waals surface area contributed by atoms with Crippen molar-refractivity contribution in [1.29, 1.82) is 0 Å². The lowest BCUT2D eigenvalue weighted by Gasteiger charge is -2.17. The summed E-state index contributed by atoms with van der Waals surface area (Å²) in [6.45, 7) is 0. The molecule has 0 aliphatic carbocycles. The van der Waals surface area contributed by atoms with Gasteiger partial charge in [-0.1, -0.05) is 23.2 Å². The van der Waals surface area contributed by atoms with Crippen molar-refractivity contribution in [2.75, 3.05) is 14.2 Å². The van der Waals surface area contributed by atoms with Crippen LogP contribution in [0, 0.1) is 0 Å². The first kappa shape index (κ1) is 18.6. The number of fused-ring (bicyclic) bond motifs is 1. The molecule has 0 amide bonds. The van der Waals surface area contributed by atoms with Crippen molar-refractivity contribution in [3.05, 3.63) is 43.0 Å². The molecule has 1 N–H and O–H groups in total. The summed E-state index contributed by atoms with van der Waals surface area (Å²) in [5, 5.41) is 4.42. The summed E-state index contributed by atoms with van der Waals surface area (Å²) in [6.07, 6.45) is 3.00. The van der Waals surface area contributed by atoms with Gasteiger partial charge in [-0.3, -0.25) is 4.79 Å². The predicted molar refractivity (Wildman–Crippen MR) is 105 cm³/mol. The fraction of sp³-hybridized carbons (Fsp3) is 0.176. The summed E-state index contributed by atoms with van der Waals surface area (Å²) in [7, 11) is 4.59. The Bertz CT molecular complexity index is 1080. The van der Waals surface area contributed by atoms with Gasteiger partial charge in [0, 0.05) is 36.3 Å². The van der Waals surface area contributed by atoms with E-state index in [0.29, 0.717) is 33.2 Å². The van der Waals surface area contributed by atoms with Crippen LogP contribution < -0.4 is 30.8 Å². The van der Waals surface area contributed by atoms with Crippen LogP contribution in [0.15, 0.2) is 21.9 Å². The summed E-state index contributed by atoms with van der Waals surface area (Å²) in [5.41, 5.74) is 0.642. The Morgan fingerprint density at radius 1 is 1.08 bits per heavy atom. The molecule has 0 fully saturated rings. The molecule has 2 aromatic rings. The number of pyridine rings is 1. The minimum absolute atomic E-state index is 0.156. The zero-order chi connectivity index (χ0) is 19.0. The van der Waals surface area contributed by atoms with Crippen molar-refractivity contribution in [2.24, 2.45) is 12.0 Å². The zero-order valence-corrected chi connectivity index (χ0v) is 16.3. The molecule has 26 heavy (non-hydrogen) atoms. The first-order chi connectivity index (χ1) is 12.4. The van der Waals surface area contributed by atoms with Crippen LogP contribution in [0.2, 0.25) is 10.0 Å². The lowest BCUT2D eigenvalue weighted by Crippen LogP contribution is -2.45. The quantitative estimate of drug-likeness (QED) is 0.781. The molecule has 1 aromatic carbocycles. The summed E-state index contributed by atoms with van der Waals surface area (Å²) in [4.78, 5) is 16.9. The minimum atomic E-state index is -0.267. The second kappa shape index (κ2) is 7.23. The molecule has 1 aliphatic heterocycles. The van der Waals surface area contributed by atoms with Gasteiger partial charge in [0.2, 0.25) is 0 Å². The number of methoxy groups -OCH3 is 2. The molecule has 0 saturated carbocycles.